The van der Waals surface area contributed by atoms with Gasteiger partial charge >= 0.3 is 0 Å². The first kappa shape index (κ1) is 89.1. The van der Waals surface area contributed by atoms with Gasteiger partial charge in [-0.25, -0.2) is 21.0 Å². The number of aromatic nitrogens is 3. The molecule has 0 bridgehead atoms. The summed E-state index contributed by atoms with van der Waals surface area (Å²) in [6, 6.07) is 41.6. The highest BCUT2D eigenvalue weighted by atomic mass is 17.4. The van der Waals surface area contributed by atoms with Crippen molar-refractivity contribution < 1.29 is 31.1 Å². The number of unbranched alkanes of at least 4 members (excludes halogenated alkanes) is 12. The van der Waals surface area contributed by atoms with Gasteiger partial charge in [-0.1, -0.05) is 245 Å². The van der Waals surface area contributed by atoms with Gasteiger partial charge in [0.2, 0.25) is 0 Å². The summed E-state index contributed by atoms with van der Waals surface area (Å²) in [7, 11) is 18.0. The van der Waals surface area contributed by atoms with Crippen molar-refractivity contribution in [3.63, 3.8) is 0 Å². The molecule has 6 aromatic rings. The van der Waals surface area contributed by atoms with Gasteiger partial charge < -0.3 is 31.3 Å². The van der Waals surface area contributed by atoms with Crippen molar-refractivity contribution in [1.82, 2.24) is 15.0 Å². The van der Waals surface area contributed by atoms with Crippen LogP contribution in [-0.2, 0) is 10.1 Å². The van der Waals surface area contributed by atoms with Crippen LogP contribution in [0, 0.1) is 6.92 Å². The first-order valence-electron chi connectivity index (χ1n) is 30.7. The molecule has 3 aromatic heterocycles. The van der Waals surface area contributed by atoms with E-state index in [2.05, 4.69) is 190 Å². The van der Waals surface area contributed by atoms with Gasteiger partial charge in [-0.2, -0.15) is 0 Å². The summed E-state index contributed by atoms with van der Waals surface area (Å²) in [4.78, 5) is 9.85. The van der Waals surface area contributed by atoms with E-state index < -0.39 is 0 Å². The number of rotatable bonds is 26. The Bertz CT molecular complexity index is 1940. The molecule has 8 radical (unpaired) electrons. The molecule has 3 aromatic carbocycles. The van der Waals surface area contributed by atoms with Crippen molar-refractivity contribution in [2.24, 2.45) is 0 Å². The number of aromatic amines is 3. The smallest absolute Gasteiger partial charge is 0.0621 e. The topological polar surface area (TPSA) is 197 Å². The SMILES string of the molecule is CCCCC(CCC)Nc1ccc(Nc2ccccc2)cc1.CCCCC(CCC)c1ccc(-c2ccc(C)[nH]2)[nH]1.CCCCCCCC.CCCCCCCC.Nc1ccccc1.OOO.OOO.[B]C.[B]C.[B]C.[B]C.c1cc[nH]c1. The highest BCUT2D eigenvalue weighted by Gasteiger charge is 2.13. The molecule has 0 amide bonds. The molecular weight excluding hydrogens is 1030 g/mol. The van der Waals surface area contributed by atoms with Crippen LogP contribution in [0.1, 0.15) is 214 Å². The maximum atomic E-state index is 6.62. The Morgan fingerprint density at radius 3 is 1.16 bits per heavy atom. The molecule has 0 aliphatic heterocycles. The molecule has 11 N–H and O–H groups in total. The third kappa shape index (κ3) is 61.3. The first-order chi connectivity index (χ1) is 40.6. The highest BCUT2D eigenvalue weighted by Crippen LogP contribution is 2.29. The molecule has 6 rings (SSSR count). The number of anilines is 4. The Labute approximate surface area is 513 Å². The van der Waals surface area contributed by atoms with Crippen LogP contribution in [0.4, 0.5) is 22.7 Å². The van der Waals surface area contributed by atoms with Crippen LogP contribution < -0.4 is 16.4 Å². The number of nitrogens with two attached hydrogens (primary N) is 1. The number of hydrogen-bond acceptors (Lipinski definition) is 9. The Kier molecular flexibility index (Phi) is 82.6. The molecule has 0 saturated heterocycles. The van der Waals surface area contributed by atoms with Crippen LogP contribution >= 0.6 is 0 Å². The second-order valence-electron chi connectivity index (χ2n) is 18.6. The molecule has 0 spiro atoms. The van der Waals surface area contributed by atoms with Gasteiger partial charge in [0, 0.05) is 52.6 Å². The van der Waals surface area contributed by atoms with E-state index in [0.717, 1.165) is 17.1 Å². The van der Waals surface area contributed by atoms with Gasteiger partial charge in [0.1, 0.15) is 0 Å². The molecule has 83 heavy (non-hydrogen) atoms. The van der Waals surface area contributed by atoms with E-state index in [1.807, 2.05) is 73.1 Å². The summed E-state index contributed by atoms with van der Waals surface area (Å²) in [5.41, 5.74) is 14.6. The zero-order chi connectivity index (χ0) is 63.8. The second-order valence-corrected chi connectivity index (χ2v) is 18.6. The Hall–Kier alpha value is -5.08. The normalized spacial score (nSPS) is 9.84. The number of benzene rings is 3. The average molecular weight is 1150 g/mol. The zero-order valence-corrected chi connectivity index (χ0v) is 54.4. The lowest BCUT2D eigenvalue weighted by molar-refractivity contribution is -0.465. The first-order valence-corrected chi connectivity index (χ1v) is 30.7. The average Bonchev–Trinajstić information content (AvgIpc) is 4.54. The lowest BCUT2D eigenvalue weighted by Gasteiger charge is -2.19. The van der Waals surface area contributed by atoms with E-state index in [-0.39, 0.29) is 0 Å². The Morgan fingerprint density at radius 1 is 0.410 bits per heavy atom. The van der Waals surface area contributed by atoms with E-state index in [9.17, 15) is 0 Å². The minimum Gasteiger partial charge on any atom is -0.399 e. The van der Waals surface area contributed by atoms with Crippen LogP contribution in [-0.4, -0.2) is 73.4 Å². The fraction of sp³-hybridized carbons (Fsp3) is 0.552. The van der Waals surface area contributed by atoms with E-state index >= 15 is 0 Å². The van der Waals surface area contributed by atoms with Crippen molar-refractivity contribution in [1.29, 1.82) is 0 Å². The monoisotopic (exact) mass is 1150 g/mol. The molecule has 0 aliphatic rings. The molecule has 0 fully saturated rings. The zero-order valence-electron chi connectivity index (χ0n) is 54.4. The van der Waals surface area contributed by atoms with Crippen LogP contribution in [0.3, 0.4) is 0 Å². The standard InChI is InChI=1S/C20H28N2.C17H26N2.2C8H18.C6H7N.C4H5N.4CH3B.2H2O3/c1-3-5-10-17(9-4-2)21-19-13-15-20(16-14-19)22-18-11-7-6-8-12-18;1-4-6-8-14(7-5-2)15-11-12-17(19-15)16-10-9-13(3)18-16;2*1-3-5-7-8-6-4-2;7-6-4-2-1-3-5-6;1-2-4-5-3-1;4*1-2;2*1-3-2/h6-8,11-17,21-22H,3-5,9-10H2,1-2H3;9-12,14,18-19H,4-8H2,1-3H3;2*3-8H2,1-2H3;1-5H,7H2;1-5H;4*1H3;2*1-2H. The van der Waals surface area contributed by atoms with Gasteiger partial charge in [-0.15, -0.1) is 0 Å². The van der Waals surface area contributed by atoms with Crippen LogP contribution in [0.5, 0.6) is 0 Å². The number of H-pyrrole nitrogens is 3. The summed E-state index contributed by atoms with van der Waals surface area (Å²) >= 11 is 0. The van der Waals surface area contributed by atoms with E-state index in [4.69, 9.17) is 26.8 Å². The maximum absolute atomic E-state index is 6.62. The Balaban J connectivity index is -0.000000218. The molecule has 0 aliphatic carbocycles. The number of hydrogen-bond donors (Lipinski definition) is 10. The fourth-order valence-corrected chi connectivity index (χ4v) is 7.82. The molecule has 464 valence electrons. The van der Waals surface area contributed by atoms with E-state index in [1.54, 1.807) is 0 Å². The van der Waals surface area contributed by atoms with Crippen molar-refractivity contribution in [3.05, 3.63) is 145 Å². The Morgan fingerprint density at radius 2 is 0.795 bits per heavy atom. The van der Waals surface area contributed by atoms with Gasteiger partial charge in [0.25, 0.3) is 0 Å². The van der Waals surface area contributed by atoms with Crippen molar-refractivity contribution in [2.75, 3.05) is 16.4 Å². The van der Waals surface area contributed by atoms with Gasteiger partial charge in [-0.05, 0) is 123 Å². The third-order valence-corrected chi connectivity index (χ3v) is 11.9. The second kappa shape index (κ2) is 76.9. The summed E-state index contributed by atoms with van der Waals surface area (Å²) in [6.07, 6.45) is 33.5. The number of nitrogens with one attached hydrogen (secondary N) is 5. The van der Waals surface area contributed by atoms with Crippen molar-refractivity contribution in [2.45, 2.75) is 243 Å². The molecule has 0 saturated carbocycles. The molecule has 2 atom stereocenters. The highest BCUT2D eigenvalue weighted by molar-refractivity contribution is 6.06. The van der Waals surface area contributed by atoms with Crippen molar-refractivity contribution >= 4 is 54.1 Å². The summed E-state index contributed by atoms with van der Waals surface area (Å²) < 4.78 is 0. The lowest BCUT2D eigenvalue weighted by atomic mass is 9.94. The number of para-hydroxylation sites is 2. The molecule has 3 heterocycles. The lowest BCUT2D eigenvalue weighted by Crippen LogP contribution is -2.19. The predicted octanol–water partition coefficient (Wildman–Crippen LogP) is 21.3. The van der Waals surface area contributed by atoms with Crippen LogP contribution in [0.15, 0.2) is 134 Å². The quantitative estimate of drug-likeness (QED) is 0.00826. The fourth-order valence-electron chi connectivity index (χ4n) is 7.82. The summed E-state index contributed by atoms with van der Waals surface area (Å²) in [5, 5.41) is 38.1. The summed E-state index contributed by atoms with van der Waals surface area (Å²) in [5.74, 6) is 0.690. The molecular formula is C67H118B4N6O6. The van der Waals surface area contributed by atoms with Crippen molar-refractivity contribution in [3.8, 4) is 11.4 Å². The van der Waals surface area contributed by atoms with Crippen LogP contribution in [0.25, 0.3) is 11.4 Å². The summed E-state index contributed by atoms with van der Waals surface area (Å²) in [6.45, 7) is 26.2. The maximum Gasteiger partial charge on any atom is 0.0621 e. The van der Waals surface area contributed by atoms with E-state index in [0.29, 0.717) is 12.0 Å². The molecule has 2 unspecified atom stereocenters. The van der Waals surface area contributed by atoms with E-state index in [1.165, 1.54) is 197 Å². The van der Waals surface area contributed by atoms with Gasteiger partial charge in [0.05, 0.1) is 42.8 Å². The van der Waals surface area contributed by atoms with Gasteiger partial charge in [0.15, 0.2) is 0 Å². The van der Waals surface area contributed by atoms with Crippen LogP contribution in [0.2, 0.25) is 27.3 Å². The molecule has 16 heteroatoms. The minimum atomic E-state index is 0.595. The molecule has 12 nitrogen and oxygen atoms in total. The third-order valence-electron chi connectivity index (χ3n) is 11.9. The van der Waals surface area contributed by atoms with Gasteiger partial charge in [-0.3, -0.25) is 0 Å². The number of nitrogen functional groups attached to an aromatic ring is 1. The number of aryl methyl sites for hydroxylation is 1. The largest absolute Gasteiger partial charge is 0.399 e. The predicted molar refractivity (Wildman–Crippen MR) is 369 cm³/mol. The minimum absolute atomic E-state index is 0.595.